The molecule has 1 fully saturated rings. The molecule has 4 nitrogen and oxygen atoms in total. The fourth-order valence-corrected chi connectivity index (χ4v) is 3.23. The first kappa shape index (κ1) is 16.6. The number of benzene rings is 2. The Hall–Kier alpha value is -2.24. The van der Waals surface area contributed by atoms with Gasteiger partial charge in [0.05, 0.1) is 17.7 Å². The number of amidine groups is 1. The Bertz CT molecular complexity index is 862. The minimum atomic E-state index is -0.177. The Morgan fingerprint density at radius 3 is 2.79 bits per heavy atom. The van der Waals surface area contributed by atoms with E-state index in [-0.39, 0.29) is 5.91 Å². The molecule has 0 aliphatic carbocycles. The molecular formula is C18H15ClN2O2S. The predicted molar refractivity (Wildman–Crippen MR) is 100.0 cm³/mol. The third kappa shape index (κ3) is 3.47. The van der Waals surface area contributed by atoms with Crippen molar-refractivity contribution in [2.75, 3.05) is 7.11 Å². The average molecular weight is 359 g/mol. The maximum Gasteiger partial charge on any atom is 0.264 e. The van der Waals surface area contributed by atoms with Crippen molar-refractivity contribution in [3.63, 3.8) is 0 Å². The van der Waals surface area contributed by atoms with Gasteiger partial charge in [0, 0.05) is 10.6 Å². The first-order chi connectivity index (χ1) is 11.6. The highest BCUT2D eigenvalue weighted by atomic mass is 35.5. The number of hydrogen-bond donors (Lipinski definition) is 1. The molecule has 0 bridgehead atoms. The zero-order valence-electron chi connectivity index (χ0n) is 13.2. The number of nitrogens with zero attached hydrogens (tertiary/aromatic N) is 1. The highest BCUT2D eigenvalue weighted by molar-refractivity contribution is 8.18. The van der Waals surface area contributed by atoms with Crippen LogP contribution in [0.2, 0.25) is 5.02 Å². The lowest BCUT2D eigenvalue weighted by molar-refractivity contribution is -0.115. The third-order valence-corrected chi connectivity index (χ3v) is 4.86. The normalized spacial score (nSPS) is 17.4. The van der Waals surface area contributed by atoms with E-state index in [2.05, 4.69) is 10.3 Å². The Kier molecular flexibility index (Phi) is 4.92. The summed E-state index contributed by atoms with van der Waals surface area (Å²) in [5.41, 5.74) is 2.46. The molecule has 0 spiro atoms. The van der Waals surface area contributed by atoms with E-state index in [1.807, 2.05) is 49.4 Å². The highest BCUT2D eigenvalue weighted by Crippen LogP contribution is 2.32. The van der Waals surface area contributed by atoms with Gasteiger partial charge in [-0.15, -0.1) is 0 Å². The van der Waals surface area contributed by atoms with Crippen LogP contribution in [0, 0.1) is 6.92 Å². The van der Waals surface area contributed by atoms with Crippen molar-refractivity contribution in [2.24, 2.45) is 4.99 Å². The van der Waals surface area contributed by atoms with E-state index in [9.17, 15) is 4.79 Å². The fourth-order valence-electron chi connectivity index (χ4n) is 2.23. The maximum absolute atomic E-state index is 12.2. The molecule has 0 atom stereocenters. The van der Waals surface area contributed by atoms with Gasteiger partial charge in [0.15, 0.2) is 5.17 Å². The van der Waals surface area contributed by atoms with Crippen molar-refractivity contribution in [1.82, 2.24) is 5.32 Å². The summed E-state index contributed by atoms with van der Waals surface area (Å²) in [6.45, 7) is 1.90. The van der Waals surface area contributed by atoms with Crippen LogP contribution in [0.5, 0.6) is 5.75 Å². The minimum Gasteiger partial charge on any atom is -0.496 e. The number of thioether (sulfide) groups is 1. The lowest BCUT2D eigenvalue weighted by atomic mass is 10.2. The van der Waals surface area contributed by atoms with E-state index in [4.69, 9.17) is 16.3 Å². The SMILES string of the molecule is COc1ccccc1/C=C1\SC(=Nc2cccc(Cl)c2C)NC1=O. The second-order valence-electron chi connectivity index (χ2n) is 5.11. The molecule has 0 saturated carbocycles. The zero-order chi connectivity index (χ0) is 17.1. The summed E-state index contributed by atoms with van der Waals surface area (Å²) in [7, 11) is 1.61. The predicted octanol–water partition coefficient (Wildman–Crippen LogP) is 4.55. The number of amides is 1. The zero-order valence-corrected chi connectivity index (χ0v) is 14.7. The van der Waals surface area contributed by atoms with Crippen LogP contribution in [0.25, 0.3) is 6.08 Å². The fraction of sp³-hybridized carbons (Fsp3) is 0.111. The van der Waals surface area contributed by atoms with Gasteiger partial charge in [-0.25, -0.2) is 4.99 Å². The molecule has 2 aromatic rings. The molecule has 1 N–H and O–H groups in total. The van der Waals surface area contributed by atoms with E-state index >= 15 is 0 Å². The molecule has 1 aliphatic heterocycles. The van der Waals surface area contributed by atoms with Gasteiger partial charge in [0.25, 0.3) is 5.91 Å². The smallest absolute Gasteiger partial charge is 0.264 e. The molecule has 6 heteroatoms. The topological polar surface area (TPSA) is 50.7 Å². The Labute approximate surface area is 149 Å². The molecule has 122 valence electrons. The van der Waals surface area contributed by atoms with Gasteiger partial charge in [0.1, 0.15) is 5.75 Å². The first-order valence-corrected chi connectivity index (χ1v) is 8.45. The standard InChI is InChI=1S/C18H15ClN2O2S/c1-11-13(19)7-5-8-14(11)20-18-21-17(22)16(24-18)10-12-6-3-4-9-15(12)23-2/h3-10H,1-2H3,(H,20,21,22)/b16-10-. The number of aliphatic imine (C=N–C) groups is 1. The number of ether oxygens (including phenoxy) is 1. The van der Waals surface area contributed by atoms with Gasteiger partial charge in [-0.1, -0.05) is 35.9 Å². The number of carbonyl (C=O) groups excluding carboxylic acids is 1. The Morgan fingerprint density at radius 1 is 1.21 bits per heavy atom. The van der Waals surface area contributed by atoms with Gasteiger partial charge >= 0.3 is 0 Å². The van der Waals surface area contributed by atoms with Crippen molar-refractivity contribution in [3.05, 3.63) is 63.5 Å². The Morgan fingerprint density at radius 2 is 2.00 bits per heavy atom. The van der Waals surface area contributed by atoms with E-state index < -0.39 is 0 Å². The number of methoxy groups -OCH3 is 1. The van der Waals surface area contributed by atoms with E-state index in [1.165, 1.54) is 11.8 Å². The van der Waals surface area contributed by atoms with Crippen molar-refractivity contribution < 1.29 is 9.53 Å². The first-order valence-electron chi connectivity index (χ1n) is 7.26. The number of carbonyl (C=O) groups is 1. The number of hydrogen-bond acceptors (Lipinski definition) is 4. The number of nitrogens with one attached hydrogen (secondary N) is 1. The van der Waals surface area contributed by atoms with Gasteiger partial charge in [0.2, 0.25) is 0 Å². The largest absolute Gasteiger partial charge is 0.496 e. The van der Waals surface area contributed by atoms with E-state index in [1.54, 1.807) is 13.2 Å². The van der Waals surface area contributed by atoms with Crippen molar-refractivity contribution in [2.45, 2.75) is 6.92 Å². The summed E-state index contributed by atoms with van der Waals surface area (Å²) in [4.78, 5) is 17.2. The van der Waals surface area contributed by atoms with Crippen LogP contribution in [0.15, 0.2) is 52.4 Å². The molecule has 0 radical (unpaired) electrons. The van der Waals surface area contributed by atoms with E-state index in [0.717, 1.165) is 22.6 Å². The molecule has 0 aromatic heterocycles. The minimum absolute atomic E-state index is 0.177. The molecule has 1 saturated heterocycles. The second kappa shape index (κ2) is 7.11. The lowest BCUT2D eigenvalue weighted by Crippen LogP contribution is -2.19. The summed E-state index contributed by atoms with van der Waals surface area (Å²) in [5, 5.41) is 3.96. The Balaban J connectivity index is 1.90. The van der Waals surface area contributed by atoms with Gasteiger partial charge < -0.3 is 10.1 Å². The molecule has 1 amide bonds. The van der Waals surface area contributed by atoms with Crippen LogP contribution in [-0.4, -0.2) is 18.2 Å². The molecule has 24 heavy (non-hydrogen) atoms. The molecular weight excluding hydrogens is 344 g/mol. The number of halogens is 1. The van der Waals surface area contributed by atoms with Gasteiger partial charge in [-0.2, -0.15) is 0 Å². The van der Waals surface area contributed by atoms with E-state index in [0.29, 0.717) is 15.1 Å². The number of para-hydroxylation sites is 1. The molecule has 0 unspecified atom stereocenters. The highest BCUT2D eigenvalue weighted by Gasteiger charge is 2.24. The monoisotopic (exact) mass is 358 g/mol. The van der Waals surface area contributed by atoms with Crippen molar-refractivity contribution in [3.8, 4) is 5.75 Å². The average Bonchev–Trinajstić information content (AvgIpc) is 2.92. The molecule has 3 rings (SSSR count). The summed E-state index contributed by atoms with van der Waals surface area (Å²) in [6, 6.07) is 13.1. The number of rotatable bonds is 3. The van der Waals surface area contributed by atoms with Gasteiger partial charge in [-0.05, 0) is 48.5 Å². The lowest BCUT2D eigenvalue weighted by Gasteiger charge is -2.03. The molecule has 1 heterocycles. The van der Waals surface area contributed by atoms with Crippen LogP contribution in [0.4, 0.5) is 5.69 Å². The quantitative estimate of drug-likeness (QED) is 0.819. The van der Waals surface area contributed by atoms with Crippen LogP contribution in [0.1, 0.15) is 11.1 Å². The van der Waals surface area contributed by atoms with Crippen LogP contribution in [-0.2, 0) is 4.79 Å². The van der Waals surface area contributed by atoms with Crippen LogP contribution in [0.3, 0.4) is 0 Å². The van der Waals surface area contributed by atoms with Gasteiger partial charge in [-0.3, -0.25) is 4.79 Å². The summed E-state index contributed by atoms with van der Waals surface area (Å²) < 4.78 is 5.31. The van der Waals surface area contributed by atoms with Crippen LogP contribution >= 0.6 is 23.4 Å². The van der Waals surface area contributed by atoms with Crippen molar-refractivity contribution in [1.29, 1.82) is 0 Å². The van der Waals surface area contributed by atoms with Crippen molar-refractivity contribution >= 4 is 46.2 Å². The third-order valence-electron chi connectivity index (χ3n) is 3.54. The molecule has 1 aliphatic rings. The maximum atomic E-state index is 12.2. The van der Waals surface area contributed by atoms with Crippen LogP contribution < -0.4 is 10.1 Å². The summed E-state index contributed by atoms with van der Waals surface area (Å²) >= 11 is 7.40. The molecule has 2 aromatic carbocycles. The second-order valence-corrected chi connectivity index (χ2v) is 6.55. The summed E-state index contributed by atoms with van der Waals surface area (Å²) in [5.74, 6) is 0.541. The summed E-state index contributed by atoms with van der Waals surface area (Å²) in [6.07, 6.45) is 1.80.